The second kappa shape index (κ2) is 6.58. The van der Waals surface area contributed by atoms with Crippen molar-refractivity contribution < 1.29 is 0 Å². The van der Waals surface area contributed by atoms with Crippen LogP contribution in [0.4, 0.5) is 0 Å². The SMILES string of the molecule is BrC(CCCc1cccs1)Cc1ccsc1. The van der Waals surface area contributed by atoms with Crippen molar-refractivity contribution in [3.05, 3.63) is 44.8 Å². The van der Waals surface area contributed by atoms with Crippen LogP contribution in [0.2, 0.25) is 0 Å². The van der Waals surface area contributed by atoms with Gasteiger partial charge in [-0.1, -0.05) is 22.0 Å². The number of thiophene rings is 2. The van der Waals surface area contributed by atoms with Gasteiger partial charge in [-0.2, -0.15) is 11.3 Å². The van der Waals surface area contributed by atoms with E-state index in [0.29, 0.717) is 4.83 Å². The summed E-state index contributed by atoms with van der Waals surface area (Å²) < 4.78 is 0. The van der Waals surface area contributed by atoms with E-state index in [4.69, 9.17) is 0 Å². The van der Waals surface area contributed by atoms with Gasteiger partial charge >= 0.3 is 0 Å². The van der Waals surface area contributed by atoms with Crippen LogP contribution in [0, 0.1) is 0 Å². The van der Waals surface area contributed by atoms with Crippen LogP contribution < -0.4 is 0 Å². The van der Waals surface area contributed by atoms with Gasteiger partial charge in [0.25, 0.3) is 0 Å². The molecule has 0 nitrogen and oxygen atoms in total. The molecular formula is C13H15BrS2. The Morgan fingerprint density at radius 2 is 2.19 bits per heavy atom. The lowest BCUT2D eigenvalue weighted by Gasteiger charge is -2.07. The zero-order valence-corrected chi connectivity index (χ0v) is 12.3. The van der Waals surface area contributed by atoms with Crippen molar-refractivity contribution >= 4 is 38.6 Å². The number of alkyl halides is 1. The summed E-state index contributed by atoms with van der Waals surface area (Å²) in [5, 5.41) is 6.56. The highest BCUT2D eigenvalue weighted by molar-refractivity contribution is 9.09. The van der Waals surface area contributed by atoms with Crippen LogP contribution in [0.3, 0.4) is 0 Å². The molecule has 0 radical (unpaired) electrons. The molecule has 86 valence electrons. The number of halogens is 1. The smallest absolute Gasteiger partial charge is 0.0186 e. The fourth-order valence-electron chi connectivity index (χ4n) is 1.72. The van der Waals surface area contributed by atoms with Crippen LogP contribution in [0.1, 0.15) is 23.3 Å². The van der Waals surface area contributed by atoms with Gasteiger partial charge in [0, 0.05) is 9.70 Å². The molecule has 0 aromatic carbocycles. The zero-order valence-electron chi connectivity index (χ0n) is 9.06. The van der Waals surface area contributed by atoms with E-state index in [2.05, 4.69) is 50.3 Å². The molecule has 2 rings (SSSR count). The molecule has 2 aromatic rings. The lowest BCUT2D eigenvalue weighted by molar-refractivity contribution is 0.706. The van der Waals surface area contributed by atoms with Gasteiger partial charge in [0.15, 0.2) is 0 Å². The molecule has 0 saturated heterocycles. The first-order valence-electron chi connectivity index (χ1n) is 5.52. The Balaban J connectivity index is 1.66. The normalized spacial score (nSPS) is 12.8. The predicted molar refractivity (Wildman–Crippen MR) is 78.0 cm³/mol. The van der Waals surface area contributed by atoms with Crippen LogP contribution in [0.5, 0.6) is 0 Å². The van der Waals surface area contributed by atoms with Gasteiger partial charge in [-0.3, -0.25) is 0 Å². The first kappa shape index (κ1) is 12.3. The molecule has 0 N–H and O–H groups in total. The Bertz CT molecular complexity index is 378. The van der Waals surface area contributed by atoms with E-state index >= 15 is 0 Å². The highest BCUT2D eigenvalue weighted by Crippen LogP contribution is 2.19. The second-order valence-corrected chi connectivity index (χ2v) is 7.01. The average molecular weight is 315 g/mol. The minimum Gasteiger partial charge on any atom is -0.152 e. The Kier molecular flexibility index (Phi) is 5.07. The first-order chi connectivity index (χ1) is 7.84. The molecule has 1 atom stereocenters. The Labute approximate surface area is 113 Å². The Morgan fingerprint density at radius 3 is 2.88 bits per heavy atom. The van der Waals surface area contributed by atoms with Crippen molar-refractivity contribution in [3.8, 4) is 0 Å². The summed E-state index contributed by atoms with van der Waals surface area (Å²) in [6.07, 6.45) is 4.92. The van der Waals surface area contributed by atoms with E-state index in [9.17, 15) is 0 Å². The van der Waals surface area contributed by atoms with E-state index in [1.807, 2.05) is 11.3 Å². The number of hydrogen-bond acceptors (Lipinski definition) is 2. The van der Waals surface area contributed by atoms with Crippen LogP contribution in [-0.2, 0) is 12.8 Å². The van der Waals surface area contributed by atoms with Gasteiger partial charge in [0.1, 0.15) is 0 Å². The van der Waals surface area contributed by atoms with Crippen molar-refractivity contribution in [3.63, 3.8) is 0 Å². The summed E-state index contributed by atoms with van der Waals surface area (Å²) in [4.78, 5) is 2.14. The molecule has 0 aliphatic carbocycles. The van der Waals surface area contributed by atoms with E-state index < -0.39 is 0 Å². The lowest BCUT2D eigenvalue weighted by Crippen LogP contribution is -2.02. The van der Waals surface area contributed by atoms with Crippen LogP contribution in [0.15, 0.2) is 34.3 Å². The second-order valence-electron chi connectivity index (χ2n) is 3.90. The molecule has 0 aliphatic rings. The molecule has 0 amide bonds. The largest absolute Gasteiger partial charge is 0.152 e. The third kappa shape index (κ3) is 4.04. The summed E-state index contributed by atoms with van der Waals surface area (Å²) in [6, 6.07) is 6.59. The zero-order chi connectivity index (χ0) is 11.2. The molecule has 2 aromatic heterocycles. The van der Waals surface area contributed by atoms with Crippen LogP contribution >= 0.6 is 38.6 Å². The standard InChI is InChI=1S/C13H15BrS2/c14-12(9-11-6-8-15-10-11)3-1-4-13-5-2-7-16-13/h2,5-8,10,12H,1,3-4,9H2. The fourth-order valence-corrected chi connectivity index (χ4v) is 3.85. The summed E-state index contributed by atoms with van der Waals surface area (Å²) >= 11 is 7.42. The van der Waals surface area contributed by atoms with E-state index in [0.717, 1.165) is 6.42 Å². The molecule has 0 aliphatic heterocycles. The molecule has 3 heteroatoms. The molecule has 2 heterocycles. The van der Waals surface area contributed by atoms with Gasteiger partial charge in [-0.15, -0.1) is 11.3 Å². The van der Waals surface area contributed by atoms with Crippen molar-refractivity contribution in [1.82, 2.24) is 0 Å². The molecule has 0 bridgehead atoms. The Hall–Kier alpha value is -0.120. The van der Waals surface area contributed by atoms with Crippen molar-refractivity contribution in [2.24, 2.45) is 0 Å². The Morgan fingerprint density at radius 1 is 1.25 bits per heavy atom. The fraction of sp³-hybridized carbons (Fsp3) is 0.385. The average Bonchev–Trinajstić information content (AvgIpc) is 2.90. The quantitative estimate of drug-likeness (QED) is 0.648. The number of rotatable bonds is 6. The van der Waals surface area contributed by atoms with Crippen LogP contribution in [-0.4, -0.2) is 4.83 Å². The van der Waals surface area contributed by atoms with Crippen molar-refractivity contribution in [2.45, 2.75) is 30.5 Å². The maximum atomic E-state index is 3.77. The third-order valence-electron chi connectivity index (χ3n) is 2.56. The first-order valence-corrected chi connectivity index (χ1v) is 8.26. The van der Waals surface area contributed by atoms with Crippen LogP contribution in [0.25, 0.3) is 0 Å². The lowest BCUT2D eigenvalue weighted by atomic mass is 10.1. The maximum Gasteiger partial charge on any atom is 0.0186 e. The molecule has 1 unspecified atom stereocenters. The van der Waals surface area contributed by atoms with Gasteiger partial charge in [-0.05, 0) is 59.5 Å². The number of hydrogen-bond donors (Lipinski definition) is 0. The maximum absolute atomic E-state index is 3.77. The van der Waals surface area contributed by atoms with Crippen molar-refractivity contribution in [1.29, 1.82) is 0 Å². The summed E-state index contributed by atoms with van der Waals surface area (Å²) in [7, 11) is 0. The molecular weight excluding hydrogens is 300 g/mol. The van der Waals surface area contributed by atoms with Gasteiger partial charge in [0.05, 0.1) is 0 Å². The minimum atomic E-state index is 0.627. The van der Waals surface area contributed by atoms with E-state index in [1.165, 1.54) is 29.7 Å². The summed E-state index contributed by atoms with van der Waals surface area (Å²) in [5.74, 6) is 0. The minimum absolute atomic E-state index is 0.627. The van der Waals surface area contributed by atoms with E-state index in [-0.39, 0.29) is 0 Å². The van der Waals surface area contributed by atoms with Gasteiger partial charge in [0.2, 0.25) is 0 Å². The highest BCUT2D eigenvalue weighted by atomic mass is 79.9. The summed E-state index contributed by atoms with van der Waals surface area (Å²) in [5.41, 5.74) is 1.46. The van der Waals surface area contributed by atoms with Gasteiger partial charge in [-0.25, -0.2) is 0 Å². The molecule has 16 heavy (non-hydrogen) atoms. The topological polar surface area (TPSA) is 0 Å². The summed E-state index contributed by atoms with van der Waals surface area (Å²) in [6.45, 7) is 0. The van der Waals surface area contributed by atoms with Gasteiger partial charge < -0.3 is 0 Å². The molecule has 0 spiro atoms. The highest BCUT2D eigenvalue weighted by Gasteiger charge is 2.06. The van der Waals surface area contributed by atoms with E-state index in [1.54, 1.807) is 11.3 Å². The number of aryl methyl sites for hydroxylation is 1. The molecule has 0 fully saturated rings. The molecule has 0 saturated carbocycles. The monoisotopic (exact) mass is 314 g/mol. The predicted octanol–water partition coefficient (Wildman–Crippen LogP) is 5.14. The van der Waals surface area contributed by atoms with Crippen molar-refractivity contribution in [2.75, 3.05) is 0 Å². The third-order valence-corrected chi connectivity index (χ3v) is 5.01.